The lowest BCUT2D eigenvalue weighted by Crippen LogP contribution is -2.30. The molecule has 4 heteroatoms. The highest BCUT2D eigenvalue weighted by Crippen LogP contribution is 2.31. The molecule has 0 spiro atoms. The van der Waals surface area contributed by atoms with E-state index in [9.17, 15) is 5.26 Å². The predicted molar refractivity (Wildman–Crippen MR) is 70.2 cm³/mol. The molecule has 1 saturated carbocycles. The molecule has 1 aliphatic carbocycles. The topological polar surface area (TPSA) is 35.8 Å². The van der Waals surface area contributed by atoms with Crippen molar-refractivity contribution < 1.29 is 0 Å². The minimum absolute atomic E-state index is 0.371. The van der Waals surface area contributed by atoms with Gasteiger partial charge in [-0.25, -0.2) is 0 Å². The minimum atomic E-state index is -0.371. The fourth-order valence-electron chi connectivity index (χ4n) is 2.27. The molecule has 90 valence electrons. The van der Waals surface area contributed by atoms with Gasteiger partial charge in [0.25, 0.3) is 0 Å². The Bertz CT molecular complexity index is 434. The van der Waals surface area contributed by atoms with E-state index in [4.69, 9.17) is 23.2 Å². The third-order valence-electron chi connectivity index (χ3n) is 3.18. The molecule has 0 heterocycles. The summed E-state index contributed by atoms with van der Waals surface area (Å²) >= 11 is 12.1. The molecule has 0 radical (unpaired) electrons. The van der Waals surface area contributed by atoms with Gasteiger partial charge >= 0.3 is 0 Å². The zero-order chi connectivity index (χ0) is 12.3. The lowest BCUT2D eigenvalue weighted by atomic mass is 10.1. The molecule has 0 saturated heterocycles. The van der Waals surface area contributed by atoms with Crippen LogP contribution in [0.25, 0.3) is 0 Å². The van der Waals surface area contributed by atoms with Gasteiger partial charge in [-0.2, -0.15) is 5.26 Å². The minimum Gasteiger partial charge on any atom is -0.295 e. The standard InChI is InChI=1S/C13H14Cl2N2/c14-11-7-3-6-10(13(11)15)12(8-16)17-9-4-1-2-5-9/h3,6-7,9,12,17H,1-2,4-5H2. The first-order chi connectivity index (χ1) is 8.22. The van der Waals surface area contributed by atoms with E-state index in [-0.39, 0.29) is 6.04 Å². The lowest BCUT2D eigenvalue weighted by Gasteiger charge is -2.18. The second-order valence-corrected chi connectivity index (χ2v) is 5.14. The van der Waals surface area contributed by atoms with Crippen molar-refractivity contribution in [3.63, 3.8) is 0 Å². The van der Waals surface area contributed by atoms with E-state index in [1.807, 2.05) is 12.1 Å². The Kier molecular flexibility index (Phi) is 4.28. The molecule has 2 rings (SSSR count). The summed E-state index contributed by atoms with van der Waals surface area (Å²) in [5, 5.41) is 13.6. The van der Waals surface area contributed by atoms with Gasteiger partial charge in [0.2, 0.25) is 0 Å². The Hall–Kier alpha value is -0.750. The average Bonchev–Trinajstić information content (AvgIpc) is 2.83. The second-order valence-electron chi connectivity index (χ2n) is 4.35. The molecule has 2 nitrogen and oxygen atoms in total. The maximum absolute atomic E-state index is 9.24. The summed E-state index contributed by atoms with van der Waals surface area (Å²) in [5.74, 6) is 0. The third-order valence-corrected chi connectivity index (χ3v) is 4.01. The lowest BCUT2D eigenvalue weighted by molar-refractivity contribution is 0.492. The summed E-state index contributed by atoms with van der Waals surface area (Å²) in [7, 11) is 0. The average molecular weight is 269 g/mol. The van der Waals surface area contributed by atoms with E-state index in [0.29, 0.717) is 16.1 Å². The molecule has 1 aromatic carbocycles. The Labute approximate surface area is 112 Å². The van der Waals surface area contributed by atoms with Crippen LogP contribution >= 0.6 is 23.2 Å². The van der Waals surface area contributed by atoms with E-state index >= 15 is 0 Å². The molecular weight excluding hydrogens is 255 g/mol. The first-order valence-electron chi connectivity index (χ1n) is 5.82. The molecule has 1 N–H and O–H groups in total. The summed E-state index contributed by atoms with van der Waals surface area (Å²) in [6, 6.07) is 7.72. The van der Waals surface area contributed by atoms with Crippen LogP contribution in [0.2, 0.25) is 10.0 Å². The van der Waals surface area contributed by atoms with E-state index in [0.717, 1.165) is 18.4 Å². The number of nitrogens with zero attached hydrogens (tertiary/aromatic N) is 1. The quantitative estimate of drug-likeness (QED) is 0.897. The number of hydrogen-bond acceptors (Lipinski definition) is 2. The van der Waals surface area contributed by atoms with Crippen molar-refractivity contribution in [2.45, 2.75) is 37.8 Å². The Morgan fingerprint density at radius 2 is 2.00 bits per heavy atom. The maximum Gasteiger partial charge on any atom is 0.123 e. The van der Waals surface area contributed by atoms with Crippen LogP contribution in [0.5, 0.6) is 0 Å². The number of halogens is 2. The molecule has 1 aliphatic rings. The fraction of sp³-hybridized carbons (Fsp3) is 0.462. The van der Waals surface area contributed by atoms with E-state index in [1.54, 1.807) is 6.07 Å². The highest BCUT2D eigenvalue weighted by molar-refractivity contribution is 6.42. The van der Waals surface area contributed by atoms with Crippen molar-refractivity contribution in [1.29, 1.82) is 5.26 Å². The molecule has 1 unspecified atom stereocenters. The summed E-state index contributed by atoms with van der Waals surface area (Å²) < 4.78 is 0. The molecular formula is C13H14Cl2N2. The molecule has 1 aromatic rings. The molecule has 17 heavy (non-hydrogen) atoms. The number of benzene rings is 1. The fourth-order valence-corrected chi connectivity index (χ4v) is 2.69. The first kappa shape index (κ1) is 12.7. The Morgan fingerprint density at radius 3 is 2.65 bits per heavy atom. The van der Waals surface area contributed by atoms with Crippen LogP contribution in [-0.2, 0) is 0 Å². The molecule has 0 aliphatic heterocycles. The van der Waals surface area contributed by atoms with Crippen LogP contribution in [-0.4, -0.2) is 6.04 Å². The van der Waals surface area contributed by atoms with Crippen LogP contribution in [0.4, 0.5) is 0 Å². The van der Waals surface area contributed by atoms with Gasteiger partial charge in [-0.1, -0.05) is 48.2 Å². The molecule has 1 fully saturated rings. The summed E-state index contributed by atoms with van der Waals surface area (Å²) in [5.41, 5.74) is 0.772. The van der Waals surface area contributed by atoms with Crippen LogP contribution in [0.15, 0.2) is 18.2 Å². The van der Waals surface area contributed by atoms with Gasteiger partial charge in [0.15, 0.2) is 0 Å². The molecule has 0 amide bonds. The largest absolute Gasteiger partial charge is 0.295 e. The maximum atomic E-state index is 9.24. The van der Waals surface area contributed by atoms with Gasteiger partial charge in [-0.05, 0) is 18.9 Å². The normalized spacial score (nSPS) is 17.9. The number of nitrogens with one attached hydrogen (secondary N) is 1. The van der Waals surface area contributed by atoms with Crippen LogP contribution < -0.4 is 5.32 Å². The Balaban J connectivity index is 2.17. The first-order valence-corrected chi connectivity index (χ1v) is 6.57. The summed E-state index contributed by atoms with van der Waals surface area (Å²) in [6.45, 7) is 0. The van der Waals surface area contributed by atoms with Crippen LogP contribution in [0.3, 0.4) is 0 Å². The van der Waals surface area contributed by atoms with Gasteiger partial charge in [-0.15, -0.1) is 0 Å². The third kappa shape index (κ3) is 2.93. The van der Waals surface area contributed by atoms with Gasteiger partial charge < -0.3 is 0 Å². The van der Waals surface area contributed by atoms with Gasteiger partial charge in [0.05, 0.1) is 16.1 Å². The van der Waals surface area contributed by atoms with E-state index in [2.05, 4.69) is 11.4 Å². The van der Waals surface area contributed by atoms with Crippen molar-refractivity contribution in [3.05, 3.63) is 33.8 Å². The summed E-state index contributed by atoms with van der Waals surface area (Å²) in [6.07, 6.45) is 4.74. The highest BCUT2D eigenvalue weighted by atomic mass is 35.5. The van der Waals surface area contributed by atoms with Gasteiger partial charge in [0.1, 0.15) is 6.04 Å². The van der Waals surface area contributed by atoms with Gasteiger partial charge in [-0.3, -0.25) is 5.32 Å². The molecule has 1 atom stereocenters. The SMILES string of the molecule is N#CC(NC1CCCC1)c1cccc(Cl)c1Cl. The summed E-state index contributed by atoms with van der Waals surface area (Å²) in [4.78, 5) is 0. The number of rotatable bonds is 3. The second kappa shape index (κ2) is 5.73. The van der Waals surface area contributed by atoms with Crippen molar-refractivity contribution in [2.75, 3.05) is 0 Å². The van der Waals surface area contributed by atoms with Crippen LogP contribution in [0.1, 0.15) is 37.3 Å². The smallest absolute Gasteiger partial charge is 0.123 e. The highest BCUT2D eigenvalue weighted by Gasteiger charge is 2.22. The molecule has 0 bridgehead atoms. The van der Waals surface area contributed by atoms with E-state index < -0.39 is 0 Å². The van der Waals surface area contributed by atoms with Crippen molar-refractivity contribution in [1.82, 2.24) is 5.32 Å². The monoisotopic (exact) mass is 268 g/mol. The Morgan fingerprint density at radius 1 is 1.29 bits per heavy atom. The van der Waals surface area contributed by atoms with Crippen LogP contribution in [0, 0.1) is 11.3 Å². The van der Waals surface area contributed by atoms with Crippen molar-refractivity contribution in [2.24, 2.45) is 0 Å². The zero-order valence-corrected chi connectivity index (χ0v) is 10.9. The van der Waals surface area contributed by atoms with Gasteiger partial charge in [0, 0.05) is 11.6 Å². The predicted octanol–water partition coefficient (Wildman–Crippen LogP) is 4.09. The van der Waals surface area contributed by atoms with Crippen molar-refractivity contribution >= 4 is 23.2 Å². The van der Waals surface area contributed by atoms with E-state index in [1.165, 1.54) is 12.8 Å². The molecule has 0 aromatic heterocycles. The number of nitriles is 1. The van der Waals surface area contributed by atoms with Crippen molar-refractivity contribution in [3.8, 4) is 6.07 Å². The number of hydrogen-bond donors (Lipinski definition) is 1. The zero-order valence-electron chi connectivity index (χ0n) is 9.42.